The second kappa shape index (κ2) is 6.11. The minimum absolute atomic E-state index is 0.0281. The van der Waals surface area contributed by atoms with Crippen molar-refractivity contribution in [3.63, 3.8) is 0 Å². The monoisotopic (exact) mass is 296 g/mol. The van der Waals surface area contributed by atoms with Crippen molar-refractivity contribution in [2.75, 3.05) is 5.32 Å². The fourth-order valence-corrected chi connectivity index (χ4v) is 2.84. The Kier molecular flexibility index (Phi) is 4.44. The molecule has 2 N–H and O–H groups in total. The Morgan fingerprint density at radius 3 is 2.57 bits per heavy atom. The summed E-state index contributed by atoms with van der Waals surface area (Å²) in [5.74, 6) is -0.639. The maximum atomic E-state index is 11.2. The summed E-state index contributed by atoms with van der Waals surface area (Å²) >= 11 is 0. The Balaban J connectivity index is 2.12. The van der Waals surface area contributed by atoms with Crippen molar-refractivity contribution in [3.05, 3.63) is 15.8 Å². The molecule has 0 radical (unpaired) electrons. The van der Waals surface area contributed by atoms with Gasteiger partial charge in [0, 0.05) is 13.1 Å². The van der Waals surface area contributed by atoms with Crippen LogP contribution in [0.2, 0.25) is 0 Å². The van der Waals surface area contributed by atoms with Gasteiger partial charge in [-0.15, -0.1) is 0 Å². The average molecular weight is 296 g/mol. The number of anilines is 1. The third-order valence-corrected chi connectivity index (χ3v) is 4.03. The van der Waals surface area contributed by atoms with E-state index in [0.29, 0.717) is 43.6 Å². The van der Waals surface area contributed by atoms with Crippen LogP contribution in [0.25, 0.3) is 0 Å². The van der Waals surface area contributed by atoms with Gasteiger partial charge < -0.3 is 10.4 Å². The molecule has 2 rings (SSSR count). The van der Waals surface area contributed by atoms with Crippen LogP contribution in [0.1, 0.15) is 38.3 Å². The molecule has 0 spiro atoms. The Morgan fingerprint density at radius 1 is 1.48 bits per heavy atom. The lowest BCUT2D eigenvalue weighted by molar-refractivity contribution is -0.384. The van der Waals surface area contributed by atoms with Crippen molar-refractivity contribution < 1.29 is 14.8 Å². The van der Waals surface area contributed by atoms with Crippen molar-refractivity contribution in [2.24, 2.45) is 13.0 Å². The zero-order valence-corrected chi connectivity index (χ0v) is 12.2. The van der Waals surface area contributed by atoms with E-state index in [4.69, 9.17) is 5.11 Å². The molecular weight excluding hydrogens is 276 g/mol. The van der Waals surface area contributed by atoms with Crippen LogP contribution in [0.15, 0.2) is 0 Å². The molecule has 0 amide bonds. The van der Waals surface area contributed by atoms with Gasteiger partial charge in [0.2, 0.25) is 5.82 Å². The molecule has 8 heteroatoms. The zero-order valence-electron chi connectivity index (χ0n) is 12.2. The Morgan fingerprint density at radius 2 is 2.10 bits per heavy atom. The van der Waals surface area contributed by atoms with E-state index in [0.717, 1.165) is 0 Å². The third kappa shape index (κ3) is 3.14. The van der Waals surface area contributed by atoms with Crippen molar-refractivity contribution in [3.8, 4) is 0 Å². The van der Waals surface area contributed by atoms with Crippen LogP contribution in [0.4, 0.5) is 11.5 Å². The summed E-state index contributed by atoms with van der Waals surface area (Å²) in [6, 6.07) is 0.0550. The lowest BCUT2D eigenvalue weighted by atomic mass is 9.86. The molecule has 1 aromatic heterocycles. The first kappa shape index (κ1) is 15.3. The SMILES string of the molecule is CCc1nn(C)c(NC2CCC(C(=O)O)CC2)c1[N+](=O)[O-]. The number of carboxylic acids is 1. The summed E-state index contributed by atoms with van der Waals surface area (Å²) < 4.78 is 1.50. The number of rotatable bonds is 5. The van der Waals surface area contributed by atoms with E-state index in [1.165, 1.54) is 4.68 Å². The number of aromatic nitrogens is 2. The maximum absolute atomic E-state index is 11.2. The standard InChI is InChI=1S/C13H20N4O4/c1-3-10-11(17(20)21)12(16(2)15-10)14-9-6-4-8(5-7-9)13(18)19/h8-9,14H,3-7H2,1-2H3,(H,18,19). The van der Waals surface area contributed by atoms with Crippen LogP contribution in [0.3, 0.4) is 0 Å². The van der Waals surface area contributed by atoms with Gasteiger partial charge in [-0.05, 0) is 32.1 Å². The number of aryl methyl sites for hydroxylation is 2. The highest BCUT2D eigenvalue weighted by atomic mass is 16.6. The number of hydrogen-bond acceptors (Lipinski definition) is 5. The van der Waals surface area contributed by atoms with Crippen LogP contribution in [-0.2, 0) is 18.3 Å². The molecule has 1 saturated carbocycles. The van der Waals surface area contributed by atoms with Gasteiger partial charge in [0.05, 0.1) is 10.8 Å². The molecule has 116 valence electrons. The largest absolute Gasteiger partial charge is 0.481 e. The number of aliphatic carboxylic acids is 1. The number of nitrogens with zero attached hydrogens (tertiary/aromatic N) is 3. The first-order valence-corrected chi connectivity index (χ1v) is 7.13. The van der Waals surface area contributed by atoms with Gasteiger partial charge in [0.15, 0.2) is 0 Å². The van der Waals surface area contributed by atoms with Gasteiger partial charge in [0.1, 0.15) is 5.69 Å². The number of nitrogens with one attached hydrogen (secondary N) is 1. The van der Waals surface area contributed by atoms with Gasteiger partial charge in [-0.1, -0.05) is 6.92 Å². The number of nitro groups is 1. The average Bonchev–Trinajstić information content (AvgIpc) is 2.76. The van der Waals surface area contributed by atoms with Crippen LogP contribution in [0.5, 0.6) is 0 Å². The van der Waals surface area contributed by atoms with E-state index in [1.54, 1.807) is 7.05 Å². The molecule has 1 aromatic rings. The molecule has 0 bridgehead atoms. The van der Waals surface area contributed by atoms with Gasteiger partial charge in [-0.25, -0.2) is 4.68 Å². The number of carbonyl (C=O) groups is 1. The van der Waals surface area contributed by atoms with Gasteiger partial charge in [-0.2, -0.15) is 5.10 Å². The van der Waals surface area contributed by atoms with E-state index in [2.05, 4.69) is 10.4 Å². The molecule has 1 fully saturated rings. The summed E-state index contributed by atoms with van der Waals surface area (Å²) in [4.78, 5) is 21.8. The van der Waals surface area contributed by atoms with Crippen molar-refractivity contribution in [1.29, 1.82) is 0 Å². The highest BCUT2D eigenvalue weighted by Gasteiger charge is 2.30. The molecular formula is C13H20N4O4. The lowest BCUT2D eigenvalue weighted by Crippen LogP contribution is -2.30. The summed E-state index contributed by atoms with van der Waals surface area (Å²) in [6.07, 6.45) is 3.08. The molecule has 8 nitrogen and oxygen atoms in total. The highest BCUT2D eigenvalue weighted by Crippen LogP contribution is 2.32. The molecule has 0 saturated heterocycles. The Bertz CT molecular complexity index is 547. The second-order valence-corrected chi connectivity index (χ2v) is 5.41. The summed E-state index contributed by atoms with van der Waals surface area (Å²) in [5.41, 5.74) is 0.490. The molecule has 1 aliphatic rings. The van der Waals surface area contributed by atoms with Gasteiger partial charge in [-0.3, -0.25) is 14.9 Å². The summed E-state index contributed by atoms with van der Waals surface area (Å²) in [5, 5.41) is 27.6. The smallest absolute Gasteiger partial charge is 0.333 e. The summed E-state index contributed by atoms with van der Waals surface area (Å²) in [6.45, 7) is 1.83. The topological polar surface area (TPSA) is 110 Å². The van der Waals surface area contributed by atoms with Crippen LogP contribution in [-0.4, -0.2) is 31.8 Å². The van der Waals surface area contributed by atoms with Gasteiger partial charge in [0.25, 0.3) is 0 Å². The van der Waals surface area contributed by atoms with E-state index < -0.39 is 10.9 Å². The predicted octanol–water partition coefficient (Wildman–Crippen LogP) is 1.95. The van der Waals surface area contributed by atoms with Crippen LogP contribution in [0, 0.1) is 16.0 Å². The number of carboxylic acid groups (broad SMARTS) is 1. The Hall–Kier alpha value is -2.12. The van der Waals surface area contributed by atoms with Crippen LogP contribution >= 0.6 is 0 Å². The van der Waals surface area contributed by atoms with Crippen LogP contribution < -0.4 is 5.32 Å². The van der Waals surface area contributed by atoms with Crippen molar-refractivity contribution >= 4 is 17.5 Å². The molecule has 1 heterocycles. The van der Waals surface area contributed by atoms with Crippen molar-refractivity contribution in [2.45, 2.75) is 45.1 Å². The molecule has 0 aromatic carbocycles. The maximum Gasteiger partial charge on any atom is 0.333 e. The van der Waals surface area contributed by atoms with E-state index in [9.17, 15) is 14.9 Å². The first-order valence-electron chi connectivity index (χ1n) is 7.13. The van der Waals surface area contributed by atoms with E-state index >= 15 is 0 Å². The molecule has 21 heavy (non-hydrogen) atoms. The molecule has 0 unspecified atom stereocenters. The highest BCUT2D eigenvalue weighted by molar-refractivity contribution is 5.70. The first-order chi connectivity index (χ1) is 9.93. The van der Waals surface area contributed by atoms with E-state index in [1.807, 2.05) is 6.92 Å². The fourth-order valence-electron chi connectivity index (χ4n) is 2.84. The number of hydrogen-bond donors (Lipinski definition) is 2. The minimum atomic E-state index is -0.756. The van der Waals surface area contributed by atoms with E-state index in [-0.39, 0.29) is 17.6 Å². The second-order valence-electron chi connectivity index (χ2n) is 5.41. The fraction of sp³-hybridized carbons (Fsp3) is 0.692. The molecule has 0 atom stereocenters. The lowest BCUT2D eigenvalue weighted by Gasteiger charge is -2.27. The normalized spacial score (nSPS) is 22.0. The summed E-state index contributed by atoms with van der Waals surface area (Å²) in [7, 11) is 1.68. The quantitative estimate of drug-likeness (QED) is 0.634. The predicted molar refractivity (Wildman–Crippen MR) is 76.2 cm³/mol. The molecule has 1 aliphatic carbocycles. The Labute approximate surface area is 122 Å². The zero-order chi connectivity index (χ0) is 15.6. The molecule has 0 aliphatic heterocycles. The minimum Gasteiger partial charge on any atom is -0.481 e. The van der Waals surface area contributed by atoms with Crippen molar-refractivity contribution in [1.82, 2.24) is 9.78 Å². The third-order valence-electron chi connectivity index (χ3n) is 4.03. The van der Waals surface area contributed by atoms with Gasteiger partial charge >= 0.3 is 11.7 Å².